The molecular weight excluding hydrogens is 378 g/mol. The van der Waals surface area contributed by atoms with E-state index in [1.54, 1.807) is 0 Å². The number of Topliss-reactive ketones (excluding diaryl/α,β-unsaturated/α-hetero) is 2. The summed E-state index contributed by atoms with van der Waals surface area (Å²) in [6, 6.07) is -0.857. The highest BCUT2D eigenvalue weighted by Crippen LogP contribution is 2.21. The van der Waals surface area contributed by atoms with Crippen LogP contribution in [0.3, 0.4) is 0 Å². The van der Waals surface area contributed by atoms with E-state index < -0.39 is 22.9 Å². The molecule has 0 spiro atoms. The predicted molar refractivity (Wildman–Crippen MR) is 125 cm³/mol. The third kappa shape index (κ3) is 11.8. The first kappa shape index (κ1) is 28.7. The molecule has 0 aromatic carbocycles. The highest BCUT2D eigenvalue weighted by atomic mass is 16.2. The van der Waals surface area contributed by atoms with E-state index in [1.807, 2.05) is 83.1 Å². The maximum Gasteiger partial charge on any atom is 0.220 e. The van der Waals surface area contributed by atoms with Gasteiger partial charge in [-0.2, -0.15) is 0 Å². The summed E-state index contributed by atoms with van der Waals surface area (Å²) in [7, 11) is 0. The Morgan fingerprint density at radius 3 is 1.37 bits per heavy atom. The lowest BCUT2D eigenvalue weighted by molar-refractivity contribution is -0.129. The number of ketones is 2. The average Bonchev–Trinajstić information content (AvgIpc) is 2.50. The molecule has 0 bridgehead atoms. The molecular formula is C24H47N3O3. The van der Waals surface area contributed by atoms with Crippen molar-refractivity contribution in [2.75, 3.05) is 6.54 Å². The van der Waals surface area contributed by atoms with Crippen LogP contribution in [-0.4, -0.2) is 47.2 Å². The summed E-state index contributed by atoms with van der Waals surface area (Å²) in [4.78, 5) is 38.2. The highest BCUT2D eigenvalue weighted by molar-refractivity contribution is 5.90. The summed E-state index contributed by atoms with van der Waals surface area (Å²) in [5.41, 5.74) is -1.48. The molecule has 2 atom stereocenters. The van der Waals surface area contributed by atoms with Crippen molar-refractivity contribution in [3.05, 3.63) is 0 Å². The van der Waals surface area contributed by atoms with Gasteiger partial charge in [-0.1, -0.05) is 41.5 Å². The van der Waals surface area contributed by atoms with Gasteiger partial charge in [0.05, 0.1) is 12.1 Å². The van der Waals surface area contributed by atoms with Gasteiger partial charge in [-0.15, -0.1) is 0 Å². The fourth-order valence-corrected chi connectivity index (χ4v) is 3.15. The molecule has 0 aliphatic rings. The van der Waals surface area contributed by atoms with Gasteiger partial charge in [0.15, 0.2) is 11.6 Å². The molecule has 0 fully saturated rings. The highest BCUT2D eigenvalue weighted by Gasteiger charge is 2.34. The molecule has 0 aromatic rings. The molecule has 30 heavy (non-hydrogen) atoms. The quantitative estimate of drug-likeness (QED) is 0.525. The number of carbonyl (C=O) groups excluding carboxylic acids is 3. The molecule has 0 rings (SSSR count). The second-order valence-electron chi connectivity index (χ2n) is 12.5. The van der Waals surface area contributed by atoms with Crippen LogP contribution in [0.5, 0.6) is 0 Å². The average molecular weight is 426 g/mol. The molecule has 0 aromatic heterocycles. The fourth-order valence-electron chi connectivity index (χ4n) is 3.15. The summed E-state index contributed by atoms with van der Waals surface area (Å²) in [6.07, 6.45) is 0.644. The zero-order valence-corrected chi connectivity index (χ0v) is 21.5. The van der Waals surface area contributed by atoms with Gasteiger partial charge in [0.2, 0.25) is 5.91 Å². The molecule has 0 aliphatic carbocycles. The van der Waals surface area contributed by atoms with E-state index in [4.69, 9.17) is 0 Å². The normalized spacial score (nSPS) is 15.5. The first-order valence-corrected chi connectivity index (χ1v) is 11.0. The summed E-state index contributed by atoms with van der Waals surface area (Å²) in [6.45, 7) is 23.6. The van der Waals surface area contributed by atoms with E-state index in [2.05, 4.69) is 16.0 Å². The first-order chi connectivity index (χ1) is 13.1. The van der Waals surface area contributed by atoms with E-state index in [0.717, 1.165) is 0 Å². The molecule has 0 heterocycles. The number of hydrogen-bond acceptors (Lipinski definition) is 5. The van der Waals surface area contributed by atoms with Gasteiger partial charge in [-0.05, 0) is 48.0 Å². The molecule has 2 unspecified atom stereocenters. The van der Waals surface area contributed by atoms with E-state index in [0.29, 0.717) is 6.42 Å². The summed E-state index contributed by atoms with van der Waals surface area (Å²) in [5.74, 6) is 0.00755. The van der Waals surface area contributed by atoms with Crippen LogP contribution in [0.1, 0.15) is 95.9 Å². The van der Waals surface area contributed by atoms with Crippen molar-refractivity contribution >= 4 is 17.5 Å². The smallest absolute Gasteiger partial charge is 0.220 e. The third-order valence-electron chi connectivity index (χ3n) is 4.49. The largest absolute Gasteiger partial charge is 0.354 e. The van der Waals surface area contributed by atoms with Gasteiger partial charge >= 0.3 is 0 Å². The first-order valence-electron chi connectivity index (χ1n) is 11.0. The topological polar surface area (TPSA) is 87.3 Å². The van der Waals surface area contributed by atoms with Crippen LogP contribution in [0.4, 0.5) is 0 Å². The summed E-state index contributed by atoms with van der Waals surface area (Å²) >= 11 is 0. The minimum atomic E-state index is -0.505. The maximum atomic E-state index is 12.8. The Bertz CT molecular complexity index is 547. The minimum Gasteiger partial charge on any atom is -0.354 e. The Kier molecular flexibility index (Phi) is 9.92. The molecule has 1 amide bonds. The predicted octanol–water partition coefficient (Wildman–Crippen LogP) is 3.63. The lowest BCUT2D eigenvalue weighted by Crippen LogP contribution is -2.55. The van der Waals surface area contributed by atoms with Gasteiger partial charge in [0, 0.05) is 34.9 Å². The number of carbonyl (C=O) groups is 3. The van der Waals surface area contributed by atoms with Crippen LogP contribution in [-0.2, 0) is 14.4 Å². The van der Waals surface area contributed by atoms with E-state index >= 15 is 0 Å². The number of amides is 1. The zero-order chi connectivity index (χ0) is 24.1. The van der Waals surface area contributed by atoms with Gasteiger partial charge < -0.3 is 16.0 Å². The van der Waals surface area contributed by atoms with Crippen LogP contribution in [0.15, 0.2) is 0 Å². The second-order valence-corrected chi connectivity index (χ2v) is 12.5. The Hall–Kier alpha value is -1.27. The van der Waals surface area contributed by atoms with Gasteiger partial charge in [0.25, 0.3) is 0 Å². The number of rotatable bonds is 9. The van der Waals surface area contributed by atoms with Crippen molar-refractivity contribution in [2.45, 2.75) is 119 Å². The molecule has 0 saturated carbocycles. The van der Waals surface area contributed by atoms with Gasteiger partial charge in [-0.25, -0.2) is 0 Å². The number of nitrogens with one attached hydrogen (secondary N) is 3. The third-order valence-corrected chi connectivity index (χ3v) is 4.49. The van der Waals surface area contributed by atoms with Crippen LogP contribution in [0.2, 0.25) is 0 Å². The van der Waals surface area contributed by atoms with Crippen molar-refractivity contribution in [1.82, 2.24) is 16.0 Å². The monoisotopic (exact) mass is 425 g/mol. The Balaban J connectivity index is 5.08. The molecule has 6 heteroatoms. The van der Waals surface area contributed by atoms with Crippen LogP contribution < -0.4 is 16.0 Å². The van der Waals surface area contributed by atoms with E-state index in [9.17, 15) is 14.4 Å². The van der Waals surface area contributed by atoms with Crippen molar-refractivity contribution in [3.63, 3.8) is 0 Å². The molecule has 0 saturated heterocycles. The SMILES string of the molecule is CC(C)(C)NC(CCC(=O)NCC(NC(C)(C)C)C(=O)C(C)(C)C)C(=O)C(C)(C)C. The molecule has 0 radical (unpaired) electrons. The van der Waals surface area contributed by atoms with Crippen molar-refractivity contribution < 1.29 is 14.4 Å². The van der Waals surface area contributed by atoms with Crippen LogP contribution in [0, 0.1) is 10.8 Å². The summed E-state index contributed by atoms with van der Waals surface area (Å²) < 4.78 is 0. The Morgan fingerprint density at radius 1 is 0.633 bits per heavy atom. The van der Waals surface area contributed by atoms with Gasteiger partial charge in [-0.3, -0.25) is 14.4 Å². The fraction of sp³-hybridized carbons (Fsp3) is 0.875. The molecule has 6 nitrogen and oxygen atoms in total. The zero-order valence-electron chi connectivity index (χ0n) is 21.5. The Labute approximate surface area is 184 Å². The number of hydrogen-bond donors (Lipinski definition) is 3. The van der Waals surface area contributed by atoms with E-state index in [1.165, 1.54) is 0 Å². The molecule has 3 N–H and O–H groups in total. The van der Waals surface area contributed by atoms with Gasteiger partial charge in [0.1, 0.15) is 0 Å². The lowest BCUT2D eigenvalue weighted by atomic mass is 9.84. The second kappa shape index (κ2) is 10.4. The van der Waals surface area contributed by atoms with E-state index in [-0.39, 0.29) is 41.5 Å². The van der Waals surface area contributed by atoms with Crippen molar-refractivity contribution in [1.29, 1.82) is 0 Å². The lowest BCUT2D eigenvalue weighted by Gasteiger charge is -2.32. The minimum absolute atomic E-state index is 0.0629. The van der Waals surface area contributed by atoms with Crippen molar-refractivity contribution in [3.8, 4) is 0 Å². The molecule has 176 valence electrons. The van der Waals surface area contributed by atoms with Crippen LogP contribution >= 0.6 is 0 Å². The van der Waals surface area contributed by atoms with Crippen LogP contribution in [0.25, 0.3) is 0 Å². The maximum absolute atomic E-state index is 12.8. The Morgan fingerprint density at radius 2 is 1.00 bits per heavy atom. The summed E-state index contributed by atoms with van der Waals surface area (Å²) in [5, 5.41) is 9.57. The molecule has 0 aliphatic heterocycles. The standard InChI is InChI=1S/C24H47N3O3/c1-21(2,3)19(29)16(26-23(7,8)9)13-14-18(28)25-15-17(27-24(10,11)12)20(30)22(4,5)6/h16-17,26-27H,13-15H2,1-12H3,(H,25,28). The van der Waals surface area contributed by atoms with Crippen molar-refractivity contribution in [2.24, 2.45) is 10.8 Å².